The molecule has 2 heterocycles. The van der Waals surface area contributed by atoms with Crippen molar-refractivity contribution in [3.63, 3.8) is 0 Å². The summed E-state index contributed by atoms with van der Waals surface area (Å²) >= 11 is 1.36. The average molecular weight is 425 g/mol. The normalized spacial score (nSPS) is 16.2. The number of carbonyl (C=O) groups excluding carboxylic acids is 1. The van der Waals surface area contributed by atoms with E-state index in [4.69, 9.17) is 9.47 Å². The van der Waals surface area contributed by atoms with Gasteiger partial charge in [-0.05, 0) is 44.0 Å². The first-order valence-electron chi connectivity index (χ1n) is 9.75. The van der Waals surface area contributed by atoms with Crippen molar-refractivity contribution in [2.24, 2.45) is 7.05 Å². The van der Waals surface area contributed by atoms with Crippen LogP contribution in [0.4, 0.5) is 5.69 Å². The molecule has 1 amide bonds. The molecule has 4 rings (SSSR count). The van der Waals surface area contributed by atoms with Crippen LogP contribution in [0, 0.1) is 13.8 Å². The number of rotatable bonds is 5. The number of nitrogens with zero attached hydrogens (tertiary/aromatic N) is 3. The first-order valence-corrected chi connectivity index (χ1v) is 10.6. The summed E-state index contributed by atoms with van der Waals surface area (Å²) in [6.45, 7) is 6.19. The second-order valence-corrected chi connectivity index (χ2v) is 8.59. The molecule has 1 aliphatic heterocycles. The van der Waals surface area contributed by atoms with Crippen LogP contribution in [0.5, 0.6) is 11.5 Å². The van der Waals surface area contributed by atoms with Gasteiger partial charge in [0.25, 0.3) is 0 Å². The number of aromatic nitrogens is 3. The molecule has 0 saturated carbocycles. The monoisotopic (exact) mass is 424 g/mol. The van der Waals surface area contributed by atoms with E-state index in [0.29, 0.717) is 23.3 Å². The van der Waals surface area contributed by atoms with Gasteiger partial charge in [-0.3, -0.25) is 4.79 Å². The predicted octanol–water partition coefficient (Wildman–Crippen LogP) is 4.06. The van der Waals surface area contributed by atoms with Crippen LogP contribution < -0.4 is 14.8 Å². The van der Waals surface area contributed by atoms with Gasteiger partial charge in [0.15, 0.2) is 28.6 Å². The van der Waals surface area contributed by atoms with Crippen LogP contribution in [0.15, 0.2) is 47.6 Å². The summed E-state index contributed by atoms with van der Waals surface area (Å²) in [6, 6.07) is 13.5. The molecule has 1 N–H and O–H groups in total. The second-order valence-electron chi connectivity index (χ2n) is 7.28. The Bertz CT molecular complexity index is 1060. The minimum absolute atomic E-state index is 0.0758. The summed E-state index contributed by atoms with van der Waals surface area (Å²) < 4.78 is 13.7. The number of amides is 1. The van der Waals surface area contributed by atoms with Crippen molar-refractivity contribution in [2.45, 2.75) is 37.3 Å². The Labute approximate surface area is 179 Å². The number of nitrogens with one attached hydrogen (secondary N) is 1. The van der Waals surface area contributed by atoms with Gasteiger partial charge < -0.3 is 19.4 Å². The lowest BCUT2D eigenvalue weighted by molar-refractivity contribution is -0.115. The molecule has 3 aromatic rings. The predicted molar refractivity (Wildman–Crippen MR) is 116 cm³/mol. The van der Waals surface area contributed by atoms with Crippen molar-refractivity contribution in [3.8, 4) is 11.5 Å². The van der Waals surface area contributed by atoms with Crippen LogP contribution in [0.2, 0.25) is 0 Å². The second kappa shape index (κ2) is 8.39. The third-order valence-corrected chi connectivity index (χ3v) is 6.18. The molecule has 30 heavy (non-hydrogen) atoms. The van der Waals surface area contributed by atoms with Gasteiger partial charge in [0, 0.05) is 12.7 Å². The maximum Gasteiger partial charge on any atom is 0.237 e. The Morgan fingerprint density at radius 1 is 1.13 bits per heavy atom. The summed E-state index contributed by atoms with van der Waals surface area (Å²) in [5.74, 6) is 2.00. The van der Waals surface area contributed by atoms with Crippen molar-refractivity contribution >= 4 is 23.4 Å². The first-order chi connectivity index (χ1) is 14.4. The third-order valence-electron chi connectivity index (χ3n) is 5.05. The van der Waals surface area contributed by atoms with Gasteiger partial charge in [-0.15, -0.1) is 10.2 Å². The quantitative estimate of drug-likeness (QED) is 0.622. The number of aryl methyl sites for hydroxylation is 2. The number of anilines is 1. The molecule has 1 aliphatic rings. The van der Waals surface area contributed by atoms with Crippen LogP contribution >= 0.6 is 11.8 Å². The fourth-order valence-corrected chi connectivity index (χ4v) is 4.13. The number of fused-ring (bicyclic) bond motifs is 1. The lowest BCUT2D eigenvalue weighted by Crippen LogP contribution is -2.25. The minimum Gasteiger partial charge on any atom is -0.485 e. The summed E-state index contributed by atoms with van der Waals surface area (Å²) in [4.78, 5) is 12.7. The molecule has 0 spiro atoms. The average Bonchev–Trinajstić information content (AvgIpc) is 3.10. The summed E-state index contributed by atoms with van der Waals surface area (Å²) in [6.07, 6.45) is -0.356. The number of para-hydroxylation sites is 3. The minimum atomic E-state index is -0.356. The van der Waals surface area contributed by atoms with Crippen molar-refractivity contribution in [1.29, 1.82) is 0 Å². The van der Waals surface area contributed by atoms with Crippen molar-refractivity contribution in [3.05, 3.63) is 59.4 Å². The van der Waals surface area contributed by atoms with Gasteiger partial charge in [-0.1, -0.05) is 42.1 Å². The molecule has 0 bridgehead atoms. The third kappa shape index (κ3) is 4.00. The lowest BCUT2D eigenvalue weighted by Gasteiger charge is -2.25. The van der Waals surface area contributed by atoms with Crippen molar-refractivity contribution < 1.29 is 14.3 Å². The van der Waals surface area contributed by atoms with E-state index in [2.05, 4.69) is 15.5 Å². The summed E-state index contributed by atoms with van der Waals surface area (Å²) in [5, 5.41) is 11.9. The van der Waals surface area contributed by atoms with Crippen molar-refractivity contribution in [2.75, 3.05) is 11.9 Å². The standard InChI is InChI=1S/C22H24N4O3S/c1-13-8-7-9-14(2)19(13)23-21(27)15(3)30-22-25-24-20(26(22)4)18-12-28-16-10-5-6-11-17(16)29-18/h5-11,15,18H,12H2,1-4H3,(H,23,27). The van der Waals surface area contributed by atoms with Gasteiger partial charge in [-0.2, -0.15) is 0 Å². The van der Waals surface area contributed by atoms with Crippen LogP contribution in [-0.4, -0.2) is 32.5 Å². The molecule has 7 nitrogen and oxygen atoms in total. The van der Waals surface area contributed by atoms with Crippen LogP contribution in [-0.2, 0) is 11.8 Å². The highest BCUT2D eigenvalue weighted by Gasteiger charge is 2.28. The maximum atomic E-state index is 12.7. The molecular weight excluding hydrogens is 400 g/mol. The topological polar surface area (TPSA) is 78.3 Å². The molecule has 156 valence electrons. The van der Waals surface area contributed by atoms with Crippen molar-refractivity contribution in [1.82, 2.24) is 14.8 Å². The SMILES string of the molecule is Cc1cccc(C)c1NC(=O)C(C)Sc1nnc(C2COc3ccccc3O2)n1C. The highest BCUT2D eigenvalue weighted by Crippen LogP contribution is 2.36. The van der Waals surface area contributed by atoms with E-state index in [9.17, 15) is 4.79 Å². The van der Waals surface area contributed by atoms with E-state index in [-0.39, 0.29) is 17.3 Å². The Hall–Kier alpha value is -3.00. The zero-order chi connectivity index (χ0) is 21.3. The molecule has 2 unspecified atom stereocenters. The van der Waals surface area contributed by atoms with E-state index >= 15 is 0 Å². The Morgan fingerprint density at radius 2 is 1.83 bits per heavy atom. The van der Waals surface area contributed by atoms with Gasteiger partial charge in [0.05, 0.1) is 5.25 Å². The van der Waals surface area contributed by atoms with Gasteiger partial charge in [-0.25, -0.2) is 0 Å². The van der Waals surface area contributed by atoms with E-state index in [1.807, 2.05) is 74.9 Å². The largest absolute Gasteiger partial charge is 0.485 e. The maximum absolute atomic E-state index is 12.7. The number of carbonyl (C=O) groups is 1. The first kappa shape index (κ1) is 20.3. The zero-order valence-corrected chi connectivity index (χ0v) is 18.2. The smallest absolute Gasteiger partial charge is 0.237 e. The Balaban J connectivity index is 1.45. The molecule has 2 aromatic carbocycles. The number of benzene rings is 2. The van der Waals surface area contributed by atoms with Crippen LogP contribution in [0.1, 0.15) is 30.0 Å². The van der Waals surface area contributed by atoms with E-state index in [1.54, 1.807) is 0 Å². The molecule has 8 heteroatoms. The highest BCUT2D eigenvalue weighted by atomic mass is 32.2. The molecule has 0 saturated heterocycles. The van der Waals surface area contributed by atoms with Gasteiger partial charge >= 0.3 is 0 Å². The van der Waals surface area contributed by atoms with Gasteiger partial charge in [0.1, 0.15) is 6.61 Å². The number of hydrogen-bond acceptors (Lipinski definition) is 6. The van der Waals surface area contributed by atoms with E-state index in [1.165, 1.54) is 11.8 Å². The number of thioether (sulfide) groups is 1. The van der Waals surface area contributed by atoms with E-state index < -0.39 is 0 Å². The highest BCUT2D eigenvalue weighted by molar-refractivity contribution is 8.00. The zero-order valence-electron chi connectivity index (χ0n) is 17.4. The summed E-state index contributed by atoms with van der Waals surface area (Å²) in [7, 11) is 1.87. The fraction of sp³-hybridized carbons (Fsp3) is 0.318. The molecule has 2 atom stereocenters. The number of hydrogen-bond donors (Lipinski definition) is 1. The summed E-state index contributed by atoms with van der Waals surface area (Å²) in [5.41, 5.74) is 2.94. The lowest BCUT2D eigenvalue weighted by atomic mass is 10.1. The Kier molecular flexibility index (Phi) is 5.67. The van der Waals surface area contributed by atoms with Gasteiger partial charge in [0.2, 0.25) is 5.91 Å². The molecule has 0 fully saturated rings. The molecule has 1 aromatic heterocycles. The molecule has 0 radical (unpaired) electrons. The van der Waals surface area contributed by atoms with Crippen LogP contribution in [0.25, 0.3) is 0 Å². The van der Waals surface area contributed by atoms with Crippen LogP contribution in [0.3, 0.4) is 0 Å². The molecular formula is C22H24N4O3S. The number of ether oxygens (including phenoxy) is 2. The molecule has 0 aliphatic carbocycles. The Morgan fingerprint density at radius 3 is 2.57 bits per heavy atom. The van der Waals surface area contributed by atoms with E-state index in [0.717, 1.165) is 22.6 Å². The fourth-order valence-electron chi connectivity index (χ4n) is 3.30.